The molecule has 0 radical (unpaired) electrons. The highest BCUT2D eigenvalue weighted by Crippen LogP contribution is 2.35. The van der Waals surface area contributed by atoms with Crippen molar-refractivity contribution in [3.05, 3.63) is 33.5 Å². The van der Waals surface area contributed by atoms with Crippen LogP contribution in [-0.4, -0.2) is 6.04 Å². The molecule has 0 aliphatic carbocycles. The van der Waals surface area contributed by atoms with Crippen molar-refractivity contribution in [2.24, 2.45) is 5.92 Å². The van der Waals surface area contributed by atoms with Gasteiger partial charge in [0.15, 0.2) is 0 Å². The summed E-state index contributed by atoms with van der Waals surface area (Å²) in [4.78, 5) is 0. The number of hydrogen-bond donors (Lipinski definition) is 1. The van der Waals surface area contributed by atoms with Crippen LogP contribution in [0.25, 0.3) is 11.0 Å². The zero-order chi connectivity index (χ0) is 14.9. The predicted octanol–water partition coefficient (Wildman–Crippen LogP) is 5.44. The van der Waals surface area contributed by atoms with Crippen molar-refractivity contribution in [3.63, 3.8) is 0 Å². The van der Waals surface area contributed by atoms with Gasteiger partial charge in [0.1, 0.15) is 11.3 Å². The molecule has 0 spiro atoms. The maximum Gasteiger partial charge on any atom is 0.137 e. The minimum absolute atomic E-state index is 0.411. The molecule has 2 aromatic rings. The van der Waals surface area contributed by atoms with Gasteiger partial charge in [-0.2, -0.15) is 0 Å². The van der Waals surface area contributed by atoms with Crippen LogP contribution in [-0.2, 0) is 13.0 Å². The third-order valence-electron chi connectivity index (χ3n) is 3.17. The minimum Gasteiger partial charge on any atom is -0.459 e. The summed E-state index contributed by atoms with van der Waals surface area (Å²) in [6, 6.07) is 4.03. The molecule has 4 heteroatoms. The smallest absolute Gasteiger partial charge is 0.137 e. The lowest BCUT2D eigenvalue weighted by Gasteiger charge is -2.09. The predicted molar refractivity (Wildman–Crippen MR) is 86.8 cm³/mol. The number of nitrogens with one attached hydrogen (secondary N) is 1. The fourth-order valence-electron chi connectivity index (χ4n) is 2.32. The number of benzene rings is 1. The molecule has 1 aromatic carbocycles. The molecule has 1 heterocycles. The molecule has 0 unspecified atom stereocenters. The highest BCUT2D eigenvalue weighted by Gasteiger charge is 2.18. The van der Waals surface area contributed by atoms with Crippen molar-refractivity contribution in [2.45, 2.75) is 46.7 Å². The Balaban J connectivity index is 2.51. The van der Waals surface area contributed by atoms with Gasteiger partial charge < -0.3 is 9.73 Å². The molecule has 0 amide bonds. The van der Waals surface area contributed by atoms with Crippen LogP contribution in [0.3, 0.4) is 0 Å². The fourth-order valence-corrected chi connectivity index (χ4v) is 2.91. The summed E-state index contributed by atoms with van der Waals surface area (Å²) in [5.41, 5.74) is 1.98. The number of fused-ring (bicyclic) bond motifs is 1. The Kier molecular flexibility index (Phi) is 5.00. The van der Waals surface area contributed by atoms with Gasteiger partial charge in [-0.05, 0) is 18.4 Å². The Bertz CT molecular complexity index is 602. The van der Waals surface area contributed by atoms with Crippen LogP contribution in [0.4, 0.5) is 0 Å². The maximum absolute atomic E-state index is 6.36. The summed E-state index contributed by atoms with van der Waals surface area (Å²) < 4.78 is 5.98. The second-order valence-corrected chi connectivity index (χ2v) is 6.74. The van der Waals surface area contributed by atoms with E-state index >= 15 is 0 Å². The van der Waals surface area contributed by atoms with Gasteiger partial charge in [-0.25, -0.2) is 0 Å². The normalized spacial score (nSPS) is 12.0. The molecule has 20 heavy (non-hydrogen) atoms. The van der Waals surface area contributed by atoms with Crippen molar-refractivity contribution in [1.82, 2.24) is 5.32 Å². The first kappa shape index (κ1) is 15.7. The van der Waals surface area contributed by atoms with E-state index in [0.717, 1.165) is 23.2 Å². The summed E-state index contributed by atoms with van der Waals surface area (Å²) in [6.07, 6.45) is 0.948. The molecule has 0 fully saturated rings. The first-order valence-electron chi connectivity index (χ1n) is 7.01. The lowest BCUT2D eigenvalue weighted by atomic mass is 9.99. The van der Waals surface area contributed by atoms with Crippen molar-refractivity contribution < 1.29 is 4.42 Å². The molecule has 2 rings (SSSR count). The van der Waals surface area contributed by atoms with Gasteiger partial charge in [-0.3, -0.25) is 0 Å². The summed E-state index contributed by atoms with van der Waals surface area (Å²) in [6.45, 7) is 9.34. The molecule has 0 aliphatic heterocycles. The standard InChI is InChI=1S/C16H21Cl2NO/c1-9(2)5-12-15(8-19-10(3)4)20-14-7-11(17)6-13(18)16(12)14/h6-7,9-10,19H,5,8H2,1-4H3. The van der Waals surface area contributed by atoms with Gasteiger partial charge in [0.25, 0.3) is 0 Å². The van der Waals surface area contributed by atoms with E-state index in [1.807, 2.05) is 6.07 Å². The average molecular weight is 314 g/mol. The van der Waals surface area contributed by atoms with E-state index in [9.17, 15) is 0 Å². The van der Waals surface area contributed by atoms with Crippen molar-refractivity contribution in [3.8, 4) is 0 Å². The topological polar surface area (TPSA) is 25.2 Å². The van der Waals surface area contributed by atoms with Crippen LogP contribution < -0.4 is 5.32 Å². The molecular weight excluding hydrogens is 293 g/mol. The van der Waals surface area contributed by atoms with Gasteiger partial charge >= 0.3 is 0 Å². The van der Waals surface area contributed by atoms with E-state index in [1.165, 1.54) is 5.56 Å². The summed E-state index contributed by atoms with van der Waals surface area (Å²) in [7, 11) is 0. The third-order valence-corrected chi connectivity index (χ3v) is 3.69. The second-order valence-electron chi connectivity index (χ2n) is 5.90. The lowest BCUT2D eigenvalue weighted by molar-refractivity contribution is 0.478. The van der Waals surface area contributed by atoms with E-state index in [1.54, 1.807) is 6.07 Å². The van der Waals surface area contributed by atoms with E-state index in [2.05, 4.69) is 33.0 Å². The molecule has 2 nitrogen and oxygen atoms in total. The van der Waals surface area contributed by atoms with Gasteiger partial charge in [0.05, 0.1) is 11.6 Å². The Morgan fingerprint density at radius 3 is 2.45 bits per heavy atom. The van der Waals surface area contributed by atoms with Crippen LogP contribution in [0.1, 0.15) is 39.0 Å². The Labute approximate surface area is 130 Å². The first-order valence-corrected chi connectivity index (χ1v) is 7.76. The van der Waals surface area contributed by atoms with Crippen LogP contribution >= 0.6 is 23.2 Å². The lowest BCUT2D eigenvalue weighted by Crippen LogP contribution is -2.22. The summed E-state index contributed by atoms with van der Waals surface area (Å²) in [5.74, 6) is 1.51. The van der Waals surface area contributed by atoms with Gasteiger partial charge in [-0.1, -0.05) is 50.9 Å². The molecule has 110 valence electrons. The van der Waals surface area contributed by atoms with Gasteiger partial charge in [0, 0.05) is 28.1 Å². The van der Waals surface area contributed by atoms with E-state index in [4.69, 9.17) is 27.6 Å². The zero-order valence-electron chi connectivity index (χ0n) is 12.4. The second kappa shape index (κ2) is 6.38. The van der Waals surface area contributed by atoms with Crippen LogP contribution in [0.15, 0.2) is 16.5 Å². The molecule has 0 bridgehead atoms. The van der Waals surface area contributed by atoms with Gasteiger partial charge in [-0.15, -0.1) is 0 Å². The fraction of sp³-hybridized carbons (Fsp3) is 0.500. The van der Waals surface area contributed by atoms with Crippen molar-refractivity contribution in [2.75, 3.05) is 0 Å². The molecule has 0 saturated carbocycles. The molecule has 0 atom stereocenters. The molecule has 1 N–H and O–H groups in total. The SMILES string of the molecule is CC(C)Cc1c(CNC(C)C)oc2cc(Cl)cc(Cl)c12. The Hall–Kier alpha value is -0.700. The average Bonchev–Trinajstić information content (AvgIpc) is 2.63. The van der Waals surface area contributed by atoms with E-state index < -0.39 is 0 Å². The van der Waals surface area contributed by atoms with Crippen molar-refractivity contribution in [1.29, 1.82) is 0 Å². The maximum atomic E-state index is 6.36. The third kappa shape index (κ3) is 3.49. The van der Waals surface area contributed by atoms with E-state index in [0.29, 0.717) is 28.5 Å². The number of furan rings is 1. The first-order chi connectivity index (χ1) is 9.38. The highest BCUT2D eigenvalue weighted by molar-refractivity contribution is 6.38. The number of halogens is 2. The molecule has 0 saturated heterocycles. The molecule has 1 aromatic heterocycles. The minimum atomic E-state index is 0.411. The van der Waals surface area contributed by atoms with Crippen LogP contribution in [0.2, 0.25) is 10.0 Å². The van der Waals surface area contributed by atoms with Crippen LogP contribution in [0, 0.1) is 5.92 Å². The monoisotopic (exact) mass is 313 g/mol. The van der Waals surface area contributed by atoms with Crippen LogP contribution in [0.5, 0.6) is 0 Å². The largest absolute Gasteiger partial charge is 0.459 e. The Morgan fingerprint density at radius 2 is 1.85 bits per heavy atom. The van der Waals surface area contributed by atoms with Gasteiger partial charge in [0.2, 0.25) is 0 Å². The van der Waals surface area contributed by atoms with Crippen molar-refractivity contribution >= 4 is 34.2 Å². The summed E-state index contributed by atoms with van der Waals surface area (Å²) in [5, 5.41) is 5.68. The highest BCUT2D eigenvalue weighted by atomic mass is 35.5. The molecular formula is C16H21Cl2NO. The number of hydrogen-bond acceptors (Lipinski definition) is 2. The quantitative estimate of drug-likeness (QED) is 0.795. The van der Waals surface area contributed by atoms with E-state index in [-0.39, 0.29) is 0 Å². The molecule has 0 aliphatic rings. The summed E-state index contributed by atoms with van der Waals surface area (Å²) >= 11 is 12.4. The zero-order valence-corrected chi connectivity index (χ0v) is 13.9. The number of rotatable bonds is 5. The Morgan fingerprint density at radius 1 is 1.15 bits per heavy atom.